The molecule has 0 bridgehead atoms. The molecule has 1 amide bonds. The average Bonchev–Trinajstić information content (AvgIpc) is 2.35. The van der Waals surface area contributed by atoms with E-state index in [9.17, 15) is 13.6 Å². The number of carbonyl (C=O) groups is 1. The van der Waals surface area contributed by atoms with Gasteiger partial charge in [-0.25, -0.2) is 8.78 Å². The highest BCUT2D eigenvalue weighted by molar-refractivity contribution is 5.82. The zero-order chi connectivity index (χ0) is 14.6. The van der Waals surface area contributed by atoms with Gasteiger partial charge in [0.25, 0.3) is 0 Å². The Kier molecular flexibility index (Phi) is 5.42. The second-order valence-corrected chi connectivity index (χ2v) is 4.91. The Labute approximate surface area is 112 Å². The van der Waals surface area contributed by atoms with Crippen LogP contribution in [0.4, 0.5) is 8.78 Å². The lowest BCUT2D eigenvalue weighted by molar-refractivity contribution is -0.124. The maximum absolute atomic E-state index is 13.7. The van der Waals surface area contributed by atoms with Crippen molar-refractivity contribution in [3.8, 4) is 0 Å². The van der Waals surface area contributed by atoms with Crippen molar-refractivity contribution in [2.45, 2.75) is 39.3 Å². The van der Waals surface area contributed by atoms with Gasteiger partial charge in [-0.15, -0.1) is 0 Å². The van der Waals surface area contributed by atoms with Crippen molar-refractivity contribution >= 4 is 5.91 Å². The van der Waals surface area contributed by atoms with Crippen molar-refractivity contribution in [3.05, 3.63) is 35.4 Å². The maximum Gasteiger partial charge on any atom is 0.237 e. The molecule has 0 saturated carbocycles. The number of hydrogen-bond acceptors (Lipinski definition) is 2. The molecule has 0 aliphatic carbocycles. The van der Waals surface area contributed by atoms with E-state index < -0.39 is 23.7 Å². The first-order valence-corrected chi connectivity index (χ1v) is 6.37. The Morgan fingerprint density at radius 2 is 2.00 bits per heavy atom. The molecule has 19 heavy (non-hydrogen) atoms. The van der Waals surface area contributed by atoms with Gasteiger partial charge in [0, 0.05) is 11.6 Å². The summed E-state index contributed by atoms with van der Waals surface area (Å²) < 4.78 is 26.5. The Morgan fingerprint density at radius 3 is 2.47 bits per heavy atom. The lowest BCUT2D eigenvalue weighted by Crippen LogP contribution is -2.45. The number of nitrogens with one attached hydrogen (secondary N) is 1. The van der Waals surface area contributed by atoms with E-state index >= 15 is 0 Å². The van der Waals surface area contributed by atoms with E-state index in [4.69, 9.17) is 5.73 Å². The number of halogens is 2. The Balaban J connectivity index is 2.86. The molecule has 0 radical (unpaired) electrons. The van der Waals surface area contributed by atoms with Gasteiger partial charge in [-0.1, -0.05) is 26.8 Å². The summed E-state index contributed by atoms with van der Waals surface area (Å²) in [5, 5.41) is 2.70. The van der Waals surface area contributed by atoms with Crippen LogP contribution in [0.2, 0.25) is 0 Å². The topological polar surface area (TPSA) is 55.1 Å². The molecule has 1 aromatic rings. The van der Waals surface area contributed by atoms with Gasteiger partial charge in [0.1, 0.15) is 11.6 Å². The monoisotopic (exact) mass is 270 g/mol. The number of amides is 1. The molecule has 3 nitrogen and oxygen atoms in total. The third-order valence-electron chi connectivity index (χ3n) is 3.08. The van der Waals surface area contributed by atoms with Gasteiger partial charge in [-0.3, -0.25) is 4.79 Å². The summed E-state index contributed by atoms with van der Waals surface area (Å²) in [6.07, 6.45) is 0.499. The van der Waals surface area contributed by atoms with Crippen LogP contribution in [0.15, 0.2) is 18.2 Å². The zero-order valence-electron chi connectivity index (χ0n) is 11.4. The molecule has 3 N–H and O–H groups in total. The third-order valence-corrected chi connectivity index (χ3v) is 3.08. The van der Waals surface area contributed by atoms with Crippen molar-refractivity contribution in [2.75, 3.05) is 0 Å². The van der Waals surface area contributed by atoms with Crippen LogP contribution >= 0.6 is 0 Å². The molecule has 1 unspecified atom stereocenters. The quantitative estimate of drug-likeness (QED) is 0.863. The van der Waals surface area contributed by atoms with Crippen molar-refractivity contribution in [3.63, 3.8) is 0 Å². The molecular formula is C14H20F2N2O. The van der Waals surface area contributed by atoms with Gasteiger partial charge in [-0.05, 0) is 18.4 Å². The minimum absolute atomic E-state index is 0.00410. The average molecular weight is 270 g/mol. The molecule has 5 heteroatoms. The normalized spacial score (nSPS) is 14.3. The molecule has 0 heterocycles. The first kappa shape index (κ1) is 15.6. The van der Waals surface area contributed by atoms with Crippen molar-refractivity contribution in [2.24, 2.45) is 11.7 Å². The molecule has 0 spiro atoms. The summed E-state index contributed by atoms with van der Waals surface area (Å²) in [6.45, 7) is 5.49. The van der Waals surface area contributed by atoms with E-state index in [1.165, 1.54) is 12.1 Å². The Morgan fingerprint density at radius 1 is 1.37 bits per heavy atom. The first-order chi connectivity index (χ1) is 8.86. The number of carbonyl (C=O) groups excluding carboxylic acids is 1. The van der Waals surface area contributed by atoms with Crippen LogP contribution in [-0.2, 0) is 4.79 Å². The van der Waals surface area contributed by atoms with Gasteiger partial charge >= 0.3 is 0 Å². The molecule has 0 aromatic heterocycles. The number of nitrogens with two attached hydrogens (primary N) is 1. The van der Waals surface area contributed by atoms with E-state index in [0.29, 0.717) is 6.42 Å². The largest absolute Gasteiger partial charge is 0.348 e. The molecule has 0 saturated heterocycles. The fraction of sp³-hybridized carbons (Fsp3) is 0.500. The number of hydrogen-bond donors (Lipinski definition) is 2. The predicted octanol–water partition coefficient (Wildman–Crippen LogP) is 2.52. The minimum atomic E-state index is -0.662. The summed E-state index contributed by atoms with van der Waals surface area (Å²) >= 11 is 0. The summed E-state index contributed by atoms with van der Waals surface area (Å²) in [6, 6.07) is 2.19. The summed E-state index contributed by atoms with van der Waals surface area (Å²) in [5.41, 5.74) is 6.01. The van der Waals surface area contributed by atoms with Gasteiger partial charge in [0.05, 0.1) is 12.1 Å². The van der Waals surface area contributed by atoms with Gasteiger partial charge in [-0.2, -0.15) is 0 Å². The lowest BCUT2D eigenvalue weighted by Gasteiger charge is -2.22. The number of benzene rings is 1. The van der Waals surface area contributed by atoms with Gasteiger partial charge < -0.3 is 11.1 Å². The van der Waals surface area contributed by atoms with Crippen LogP contribution in [0.25, 0.3) is 0 Å². The van der Waals surface area contributed by atoms with Crippen LogP contribution in [0.5, 0.6) is 0 Å². The second-order valence-electron chi connectivity index (χ2n) is 4.91. The van der Waals surface area contributed by atoms with Crippen molar-refractivity contribution in [1.82, 2.24) is 5.32 Å². The zero-order valence-corrected chi connectivity index (χ0v) is 11.4. The van der Waals surface area contributed by atoms with Crippen LogP contribution in [-0.4, -0.2) is 11.9 Å². The number of rotatable bonds is 5. The first-order valence-electron chi connectivity index (χ1n) is 6.37. The van der Waals surface area contributed by atoms with Crippen LogP contribution < -0.4 is 11.1 Å². The molecule has 0 aliphatic rings. The summed E-state index contributed by atoms with van der Waals surface area (Å²) in [5.74, 6) is -1.63. The molecule has 1 rings (SSSR count). The van der Waals surface area contributed by atoms with E-state index in [-0.39, 0.29) is 17.4 Å². The van der Waals surface area contributed by atoms with Crippen LogP contribution in [0.1, 0.15) is 38.8 Å². The van der Waals surface area contributed by atoms with Crippen molar-refractivity contribution in [1.29, 1.82) is 0 Å². The third kappa shape index (κ3) is 3.99. The highest BCUT2D eigenvalue weighted by Gasteiger charge is 2.22. The molecule has 106 valence electrons. The fourth-order valence-corrected chi connectivity index (χ4v) is 1.75. The Hall–Kier alpha value is -1.49. The van der Waals surface area contributed by atoms with E-state index in [0.717, 1.165) is 6.07 Å². The minimum Gasteiger partial charge on any atom is -0.348 e. The maximum atomic E-state index is 13.7. The van der Waals surface area contributed by atoms with Crippen molar-refractivity contribution < 1.29 is 13.6 Å². The molecule has 1 aromatic carbocycles. The van der Waals surface area contributed by atoms with E-state index in [1.54, 1.807) is 0 Å². The molecular weight excluding hydrogens is 250 g/mol. The lowest BCUT2D eigenvalue weighted by atomic mass is 10.0. The highest BCUT2D eigenvalue weighted by Crippen LogP contribution is 2.21. The molecule has 0 fully saturated rings. The fourth-order valence-electron chi connectivity index (χ4n) is 1.75. The smallest absolute Gasteiger partial charge is 0.237 e. The predicted molar refractivity (Wildman–Crippen MR) is 70.3 cm³/mol. The van der Waals surface area contributed by atoms with E-state index in [2.05, 4.69) is 5.32 Å². The van der Waals surface area contributed by atoms with Crippen LogP contribution in [0.3, 0.4) is 0 Å². The van der Waals surface area contributed by atoms with E-state index in [1.807, 2.05) is 20.8 Å². The molecule has 0 aliphatic heterocycles. The Bertz CT molecular complexity index is 449. The van der Waals surface area contributed by atoms with Gasteiger partial charge in [0.2, 0.25) is 5.91 Å². The highest BCUT2D eigenvalue weighted by atomic mass is 19.1. The SMILES string of the molecule is CCC(NC(=O)[C@@H](N)C(C)C)c1ccc(F)cc1F. The summed E-state index contributed by atoms with van der Waals surface area (Å²) in [4.78, 5) is 11.9. The summed E-state index contributed by atoms with van der Waals surface area (Å²) in [7, 11) is 0. The molecule has 2 atom stereocenters. The van der Waals surface area contributed by atoms with Crippen LogP contribution in [0, 0.1) is 17.6 Å². The van der Waals surface area contributed by atoms with Gasteiger partial charge in [0.15, 0.2) is 0 Å². The standard InChI is InChI=1S/C14H20F2N2O/c1-4-12(18-14(19)13(17)8(2)3)10-6-5-9(15)7-11(10)16/h5-8,12-13H,4,17H2,1-3H3,(H,18,19)/t12?,13-/m0/s1. The second kappa shape index (κ2) is 6.61.